The largest absolute Gasteiger partial charge is 0.365 e. The molecule has 0 atom stereocenters. The molecule has 1 aromatic carbocycles. The van der Waals surface area contributed by atoms with Crippen LogP contribution < -0.4 is 5.32 Å². The van der Waals surface area contributed by atoms with Gasteiger partial charge < -0.3 is 5.32 Å². The van der Waals surface area contributed by atoms with Gasteiger partial charge in [-0.25, -0.2) is 4.98 Å². The number of aryl methyl sites for hydroxylation is 2. The monoisotopic (exact) mass is 293 g/mol. The second-order valence-electron chi connectivity index (χ2n) is 6.93. The predicted molar refractivity (Wildman–Crippen MR) is 93.5 cm³/mol. The third-order valence-corrected chi connectivity index (χ3v) is 3.66. The molecule has 2 heterocycles. The van der Waals surface area contributed by atoms with Gasteiger partial charge in [0.05, 0.1) is 0 Å². The normalized spacial score (nSPS) is 11.9. The molecule has 0 radical (unpaired) electrons. The van der Waals surface area contributed by atoms with Gasteiger partial charge in [0.2, 0.25) is 0 Å². The predicted octanol–water partition coefficient (Wildman–Crippen LogP) is 4.83. The van der Waals surface area contributed by atoms with E-state index in [1.54, 1.807) is 0 Å². The van der Waals surface area contributed by atoms with Gasteiger partial charge in [-0.15, -0.1) is 0 Å². The highest BCUT2D eigenvalue weighted by Gasteiger charge is 2.20. The van der Waals surface area contributed by atoms with Crippen LogP contribution in [0.15, 0.2) is 42.6 Å². The van der Waals surface area contributed by atoms with Crippen molar-refractivity contribution in [2.75, 3.05) is 5.32 Å². The minimum Gasteiger partial charge on any atom is -0.365 e. The van der Waals surface area contributed by atoms with Crippen molar-refractivity contribution in [2.24, 2.45) is 0 Å². The lowest BCUT2D eigenvalue weighted by atomic mass is 10.0. The third kappa shape index (κ3) is 2.71. The zero-order chi connectivity index (χ0) is 15.9. The van der Waals surface area contributed by atoms with Crippen LogP contribution in [0.25, 0.3) is 16.9 Å². The summed E-state index contributed by atoms with van der Waals surface area (Å²) in [4.78, 5) is 4.87. The first-order valence-electron chi connectivity index (χ1n) is 7.68. The smallest absolute Gasteiger partial charge is 0.139 e. The molecule has 0 aliphatic carbocycles. The molecule has 0 spiro atoms. The first-order chi connectivity index (χ1) is 10.3. The number of rotatable bonds is 2. The van der Waals surface area contributed by atoms with E-state index in [-0.39, 0.29) is 5.54 Å². The van der Waals surface area contributed by atoms with Crippen LogP contribution in [0.5, 0.6) is 0 Å². The van der Waals surface area contributed by atoms with E-state index in [4.69, 9.17) is 4.98 Å². The lowest BCUT2D eigenvalue weighted by Gasteiger charge is -2.23. The summed E-state index contributed by atoms with van der Waals surface area (Å²) in [5.41, 5.74) is 5.58. The fourth-order valence-corrected chi connectivity index (χ4v) is 2.65. The van der Waals surface area contributed by atoms with Crippen LogP contribution in [0.3, 0.4) is 0 Å². The summed E-state index contributed by atoms with van der Waals surface area (Å²) in [6, 6.07) is 12.6. The van der Waals surface area contributed by atoms with Gasteiger partial charge in [0, 0.05) is 17.3 Å². The molecule has 0 saturated carbocycles. The van der Waals surface area contributed by atoms with E-state index in [0.29, 0.717) is 0 Å². The molecular formula is C19H23N3. The highest BCUT2D eigenvalue weighted by Crippen LogP contribution is 2.32. The minimum absolute atomic E-state index is 0.0306. The average molecular weight is 293 g/mol. The van der Waals surface area contributed by atoms with E-state index in [1.165, 1.54) is 16.7 Å². The number of imidazole rings is 1. The molecule has 0 fully saturated rings. The maximum Gasteiger partial charge on any atom is 0.139 e. The summed E-state index contributed by atoms with van der Waals surface area (Å²) in [6.45, 7) is 10.7. The van der Waals surface area contributed by atoms with E-state index >= 15 is 0 Å². The molecule has 22 heavy (non-hydrogen) atoms. The molecule has 0 saturated heterocycles. The van der Waals surface area contributed by atoms with Crippen LogP contribution in [-0.2, 0) is 0 Å². The van der Waals surface area contributed by atoms with Crippen LogP contribution >= 0.6 is 0 Å². The van der Waals surface area contributed by atoms with Gasteiger partial charge >= 0.3 is 0 Å². The Morgan fingerprint density at radius 3 is 2.41 bits per heavy atom. The Morgan fingerprint density at radius 1 is 1.00 bits per heavy atom. The van der Waals surface area contributed by atoms with E-state index in [9.17, 15) is 0 Å². The van der Waals surface area contributed by atoms with Crippen LogP contribution in [-0.4, -0.2) is 14.9 Å². The number of fused-ring (bicyclic) bond motifs is 1. The number of benzene rings is 1. The van der Waals surface area contributed by atoms with Crippen LogP contribution in [0.4, 0.5) is 5.82 Å². The minimum atomic E-state index is -0.0306. The van der Waals surface area contributed by atoms with Crippen molar-refractivity contribution in [3.05, 3.63) is 53.7 Å². The van der Waals surface area contributed by atoms with Crippen molar-refractivity contribution in [2.45, 2.75) is 40.2 Å². The summed E-state index contributed by atoms with van der Waals surface area (Å²) < 4.78 is 2.16. The Kier molecular flexibility index (Phi) is 3.44. The Hall–Kier alpha value is -2.29. The first-order valence-corrected chi connectivity index (χ1v) is 7.68. The van der Waals surface area contributed by atoms with Crippen molar-refractivity contribution in [3.8, 4) is 11.3 Å². The second-order valence-corrected chi connectivity index (χ2v) is 6.93. The highest BCUT2D eigenvalue weighted by atomic mass is 15.2. The molecule has 0 unspecified atom stereocenters. The number of hydrogen-bond acceptors (Lipinski definition) is 2. The Balaban J connectivity index is 2.29. The Bertz CT molecular complexity index is 822. The van der Waals surface area contributed by atoms with Crippen LogP contribution in [0.1, 0.15) is 31.9 Å². The molecule has 0 bridgehead atoms. The van der Waals surface area contributed by atoms with Gasteiger partial charge in [0.25, 0.3) is 0 Å². The molecule has 3 aromatic rings. The number of pyridine rings is 1. The fraction of sp³-hybridized carbons (Fsp3) is 0.316. The van der Waals surface area contributed by atoms with E-state index in [2.05, 4.69) is 86.9 Å². The third-order valence-electron chi connectivity index (χ3n) is 3.66. The molecule has 2 aromatic heterocycles. The maximum absolute atomic E-state index is 4.87. The van der Waals surface area contributed by atoms with Gasteiger partial charge in [0.1, 0.15) is 17.2 Å². The molecule has 3 rings (SSSR count). The highest BCUT2D eigenvalue weighted by molar-refractivity contribution is 5.78. The van der Waals surface area contributed by atoms with Crippen LogP contribution in [0.2, 0.25) is 0 Å². The fourth-order valence-electron chi connectivity index (χ4n) is 2.65. The summed E-state index contributed by atoms with van der Waals surface area (Å²) >= 11 is 0. The van der Waals surface area contributed by atoms with Crippen molar-refractivity contribution in [1.29, 1.82) is 0 Å². The SMILES string of the molecule is Cc1ccc2nc(-c3ccccc3C)c(NC(C)(C)C)n2c1. The zero-order valence-electron chi connectivity index (χ0n) is 13.9. The molecule has 114 valence electrons. The molecular weight excluding hydrogens is 270 g/mol. The van der Waals surface area contributed by atoms with Crippen LogP contribution in [0, 0.1) is 13.8 Å². The summed E-state index contributed by atoms with van der Waals surface area (Å²) in [6.07, 6.45) is 2.14. The standard InChI is InChI=1S/C19H23N3/c1-13-10-11-16-20-17(15-9-7-6-8-14(15)2)18(22(16)12-13)21-19(3,4)5/h6-12,21H,1-5H3. The molecule has 3 nitrogen and oxygen atoms in total. The van der Waals surface area contributed by atoms with Gasteiger partial charge in [-0.2, -0.15) is 0 Å². The zero-order valence-corrected chi connectivity index (χ0v) is 13.9. The quantitative estimate of drug-likeness (QED) is 0.733. The molecule has 1 N–H and O–H groups in total. The summed E-state index contributed by atoms with van der Waals surface area (Å²) in [5, 5.41) is 3.63. The number of anilines is 1. The number of hydrogen-bond donors (Lipinski definition) is 1. The number of nitrogens with zero attached hydrogens (tertiary/aromatic N) is 2. The van der Waals surface area contributed by atoms with Gasteiger partial charge in [-0.1, -0.05) is 30.3 Å². The molecule has 3 heteroatoms. The number of aromatic nitrogens is 2. The summed E-state index contributed by atoms with van der Waals surface area (Å²) in [7, 11) is 0. The first kappa shape index (κ1) is 14.6. The van der Waals surface area contributed by atoms with E-state index < -0.39 is 0 Å². The molecule has 0 amide bonds. The lowest BCUT2D eigenvalue weighted by molar-refractivity contribution is 0.629. The Labute approximate surface area is 132 Å². The topological polar surface area (TPSA) is 29.3 Å². The maximum atomic E-state index is 4.87. The lowest BCUT2D eigenvalue weighted by Crippen LogP contribution is -2.27. The number of nitrogens with one attached hydrogen (secondary N) is 1. The Morgan fingerprint density at radius 2 is 1.73 bits per heavy atom. The summed E-state index contributed by atoms with van der Waals surface area (Å²) in [5.74, 6) is 1.06. The van der Waals surface area contributed by atoms with E-state index in [0.717, 1.165) is 17.2 Å². The van der Waals surface area contributed by atoms with E-state index in [1.807, 2.05) is 0 Å². The molecule has 0 aliphatic rings. The van der Waals surface area contributed by atoms with Crippen molar-refractivity contribution in [1.82, 2.24) is 9.38 Å². The average Bonchev–Trinajstić information content (AvgIpc) is 2.76. The molecule has 0 aliphatic heterocycles. The van der Waals surface area contributed by atoms with Crippen molar-refractivity contribution >= 4 is 11.5 Å². The van der Waals surface area contributed by atoms with Crippen molar-refractivity contribution < 1.29 is 0 Å². The second kappa shape index (κ2) is 5.16. The van der Waals surface area contributed by atoms with Gasteiger partial charge in [0.15, 0.2) is 0 Å². The van der Waals surface area contributed by atoms with Gasteiger partial charge in [-0.3, -0.25) is 4.40 Å². The van der Waals surface area contributed by atoms with Crippen molar-refractivity contribution in [3.63, 3.8) is 0 Å². The van der Waals surface area contributed by atoms with Gasteiger partial charge in [-0.05, 0) is 51.8 Å².